The number of nitrogens with zero attached hydrogens (tertiary/aromatic N) is 2. The Balaban J connectivity index is 1.93. The normalized spacial score (nSPS) is 16.3. The summed E-state index contributed by atoms with van der Waals surface area (Å²) in [6.45, 7) is 4.90. The lowest BCUT2D eigenvalue weighted by Crippen LogP contribution is -2.43. The molecular formula is C17H23N3O3S. The van der Waals surface area contributed by atoms with E-state index in [1.807, 2.05) is 18.2 Å². The van der Waals surface area contributed by atoms with Crippen LogP contribution in [0.2, 0.25) is 0 Å². The number of methoxy groups -OCH3 is 2. The van der Waals surface area contributed by atoms with Crippen molar-refractivity contribution in [3.63, 3.8) is 0 Å². The third-order valence-corrected chi connectivity index (χ3v) is 5.23. The van der Waals surface area contributed by atoms with Crippen molar-refractivity contribution in [2.75, 3.05) is 47.4 Å². The van der Waals surface area contributed by atoms with Crippen LogP contribution < -0.4 is 14.3 Å². The van der Waals surface area contributed by atoms with Gasteiger partial charge in [0.25, 0.3) is 0 Å². The Morgan fingerprint density at radius 1 is 1.17 bits per heavy atom. The van der Waals surface area contributed by atoms with E-state index in [1.54, 1.807) is 14.2 Å². The van der Waals surface area contributed by atoms with E-state index < -0.39 is 0 Å². The van der Waals surface area contributed by atoms with Gasteiger partial charge < -0.3 is 19.4 Å². The molecule has 0 aliphatic carbocycles. The number of ether oxygens (including phenoxy) is 2. The van der Waals surface area contributed by atoms with Gasteiger partial charge in [-0.15, -0.1) is 0 Å². The Kier molecular flexibility index (Phi) is 5.23. The van der Waals surface area contributed by atoms with Crippen LogP contribution in [0.25, 0.3) is 11.3 Å². The fraction of sp³-hybridized carbons (Fsp3) is 0.471. The minimum Gasteiger partial charge on any atom is -0.497 e. The van der Waals surface area contributed by atoms with E-state index in [4.69, 9.17) is 9.47 Å². The molecule has 0 atom stereocenters. The van der Waals surface area contributed by atoms with E-state index in [0.29, 0.717) is 0 Å². The molecule has 6 nitrogen and oxygen atoms in total. The molecule has 2 aromatic rings. The number of thiazole rings is 1. The number of benzene rings is 1. The molecule has 1 aromatic heterocycles. The summed E-state index contributed by atoms with van der Waals surface area (Å²) < 4.78 is 10.8. The van der Waals surface area contributed by atoms with Gasteiger partial charge in [0.05, 0.1) is 19.9 Å². The lowest BCUT2D eigenvalue weighted by atomic mass is 10.1. The molecule has 1 aliphatic rings. The van der Waals surface area contributed by atoms with Crippen LogP contribution >= 0.6 is 11.3 Å². The fourth-order valence-corrected chi connectivity index (χ4v) is 3.79. The molecule has 130 valence electrons. The summed E-state index contributed by atoms with van der Waals surface area (Å²) >= 11 is 1.27. The SMILES string of the molecule is COc1ccc(OC)c(-c2[nH]c(=O)sc2CN2CCN(C)CC2)c1. The van der Waals surface area contributed by atoms with Crippen molar-refractivity contribution in [2.45, 2.75) is 6.54 Å². The first-order chi connectivity index (χ1) is 11.6. The molecule has 2 heterocycles. The summed E-state index contributed by atoms with van der Waals surface area (Å²) in [7, 11) is 5.40. The highest BCUT2D eigenvalue weighted by atomic mass is 32.1. The second kappa shape index (κ2) is 7.38. The van der Waals surface area contributed by atoms with Gasteiger partial charge in [-0.25, -0.2) is 0 Å². The van der Waals surface area contributed by atoms with Crippen LogP contribution in [0.1, 0.15) is 4.88 Å². The summed E-state index contributed by atoms with van der Waals surface area (Å²) in [5.74, 6) is 1.47. The second-order valence-corrected chi connectivity index (χ2v) is 7.03. The Labute approximate surface area is 145 Å². The zero-order chi connectivity index (χ0) is 17.1. The van der Waals surface area contributed by atoms with Crippen LogP contribution in [-0.4, -0.2) is 62.2 Å². The van der Waals surface area contributed by atoms with Crippen LogP contribution in [0.4, 0.5) is 0 Å². The van der Waals surface area contributed by atoms with Crippen molar-refractivity contribution in [1.29, 1.82) is 0 Å². The molecule has 1 saturated heterocycles. The monoisotopic (exact) mass is 349 g/mol. The van der Waals surface area contributed by atoms with Crippen molar-refractivity contribution in [3.8, 4) is 22.8 Å². The summed E-state index contributed by atoms with van der Waals surface area (Å²) in [6, 6.07) is 5.63. The van der Waals surface area contributed by atoms with Gasteiger partial charge in [0.15, 0.2) is 0 Å². The largest absolute Gasteiger partial charge is 0.497 e. The Bertz CT molecular complexity index is 748. The maximum Gasteiger partial charge on any atom is 0.305 e. The van der Waals surface area contributed by atoms with Gasteiger partial charge in [-0.1, -0.05) is 11.3 Å². The molecule has 1 fully saturated rings. The van der Waals surface area contributed by atoms with Crippen molar-refractivity contribution in [3.05, 3.63) is 32.7 Å². The van der Waals surface area contributed by atoms with Crippen molar-refractivity contribution >= 4 is 11.3 Å². The Morgan fingerprint density at radius 2 is 1.92 bits per heavy atom. The predicted octanol–water partition coefficient (Wildman–Crippen LogP) is 1.87. The molecule has 24 heavy (non-hydrogen) atoms. The second-order valence-electron chi connectivity index (χ2n) is 5.96. The molecule has 0 spiro atoms. The summed E-state index contributed by atoms with van der Waals surface area (Å²) in [5, 5.41) is 0. The fourth-order valence-electron chi connectivity index (χ4n) is 2.91. The first kappa shape index (κ1) is 17.0. The van der Waals surface area contributed by atoms with E-state index in [1.165, 1.54) is 11.3 Å². The number of rotatable bonds is 5. The third kappa shape index (κ3) is 3.63. The lowest BCUT2D eigenvalue weighted by molar-refractivity contribution is 0.149. The highest BCUT2D eigenvalue weighted by Crippen LogP contribution is 2.35. The molecule has 1 aromatic carbocycles. The van der Waals surface area contributed by atoms with E-state index in [-0.39, 0.29) is 4.87 Å². The van der Waals surface area contributed by atoms with Crippen LogP contribution in [-0.2, 0) is 6.54 Å². The maximum absolute atomic E-state index is 12.0. The highest BCUT2D eigenvalue weighted by Gasteiger charge is 2.20. The molecule has 0 unspecified atom stereocenters. The van der Waals surface area contributed by atoms with Crippen LogP contribution in [0.3, 0.4) is 0 Å². The molecule has 1 aliphatic heterocycles. The van der Waals surface area contributed by atoms with Crippen LogP contribution in [0.15, 0.2) is 23.0 Å². The molecule has 0 amide bonds. The smallest absolute Gasteiger partial charge is 0.305 e. The number of aromatic amines is 1. The van der Waals surface area contributed by atoms with Crippen molar-refractivity contribution in [1.82, 2.24) is 14.8 Å². The van der Waals surface area contributed by atoms with Crippen molar-refractivity contribution in [2.24, 2.45) is 0 Å². The van der Waals surface area contributed by atoms with Crippen LogP contribution in [0.5, 0.6) is 11.5 Å². The number of piperazine rings is 1. The van der Waals surface area contributed by atoms with E-state index >= 15 is 0 Å². The molecule has 3 rings (SSSR count). The molecular weight excluding hydrogens is 326 g/mol. The number of nitrogens with one attached hydrogen (secondary N) is 1. The van der Waals surface area contributed by atoms with E-state index in [9.17, 15) is 4.79 Å². The zero-order valence-electron chi connectivity index (χ0n) is 14.3. The molecule has 0 radical (unpaired) electrons. The molecule has 0 bridgehead atoms. The standard InChI is InChI=1S/C17H23N3O3S/c1-19-6-8-20(9-7-19)11-15-16(18-17(21)24-15)13-10-12(22-2)4-5-14(13)23-3/h4-5,10H,6-9,11H2,1-3H3,(H,18,21). The minimum atomic E-state index is -0.0426. The molecule has 7 heteroatoms. The average Bonchev–Trinajstić information content (AvgIpc) is 2.96. The molecule has 0 saturated carbocycles. The summed E-state index contributed by atoms with van der Waals surface area (Å²) in [4.78, 5) is 20.7. The lowest BCUT2D eigenvalue weighted by Gasteiger charge is -2.32. The van der Waals surface area contributed by atoms with Crippen LogP contribution in [0, 0.1) is 0 Å². The van der Waals surface area contributed by atoms with Gasteiger partial charge in [0.2, 0.25) is 0 Å². The number of aromatic nitrogens is 1. The minimum absolute atomic E-state index is 0.0426. The van der Waals surface area contributed by atoms with Crippen molar-refractivity contribution < 1.29 is 9.47 Å². The van der Waals surface area contributed by atoms with Gasteiger partial charge >= 0.3 is 4.87 Å². The first-order valence-corrected chi connectivity index (χ1v) is 8.77. The van der Waals surface area contributed by atoms with E-state index in [0.717, 1.165) is 60.4 Å². The van der Waals surface area contributed by atoms with Gasteiger partial charge in [-0.2, -0.15) is 0 Å². The van der Waals surface area contributed by atoms with Gasteiger partial charge in [-0.3, -0.25) is 9.69 Å². The number of hydrogen-bond acceptors (Lipinski definition) is 6. The highest BCUT2D eigenvalue weighted by molar-refractivity contribution is 7.09. The Hall–Kier alpha value is -1.83. The van der Waals surface area contributed by atoms with Gasteiger partial charge in [-0.05, 0) is 25.2 Å². The van der Waals surface area contributed by atoms with E-state index in [2.05, 4.69) is 21.8 Å². The van der Waals surface area contributed by atoms with Gasteiger partial charge in [0.1, 0.15) is 11.5 Å². The Morgan fingerprint density at radius 3 is 2.58 bits per heavy atom. The third-order valence-electron chi connectivity index (χ3n) is 4.36. The maximum atomic E-state index is 12.0. The van der Waals surface area contributed by atoms with Gasteiger partial charge in [0, 0.05) is 43.2 Å². The summed E-state index contributed by atoms with van der Waals surface area (Å²) in [6.07, 6.45) is 0. The predicted molar refractivity (Wildman–Crippen MR) is 96.3 cm³/mol. The quantitative estimate of drug-likeness (QED) is 0.893. The first-order valence-electron chi connectivity index (χ1n) is 7.96. The number of H-pyrrole nitrogens is 1. The number of hydrogen-bond donors (Lipinski definition) is 1. The topological polar surface area (TPSA) is 57.8 Å². The average molecular weight is 349 g/mol. The molecule has 1 N–H and O–H groups in total. The zero-order valence-corrected chi connectivity index (χ0v) is 15.1. The summed E-state index contributed by atoms with van der Waals surface area (Å²) in [5.41, 5.74) is 1.69. The number of likely N-dealkylation sites (N-methyl/N-ethyl adjacent to an activating group) is 1.